The molecule has 1 aromatic carbocycles. The molecule has 0 atom stereocenters. The first-order valence-corrected chi connectivity index (χ1v) is 7.47. The maximum atomic E-state index is 11.5. The van der Waals surface area contributed by atoms with Gasteiger partial charge in [-0.2, -0.15) is 0 Å². The summed E-state index contributed by atoms with van der Waals surface area (Å²) in [5, 5.41) is 11.9. The smallest absolute Gasteiger partial charge is 0.168 e. The molecule has 3 nitrogen and oxygen atoms in total. The number of benzene rings is 1. The summed E-state index contributed by atoms with van der Waals surface area (Å²) in [7, 11) is 1.48. The lowest BCUT2D eigenvalue weighted by Gasteiger charge is -2.23. The van der Waals surface area contributed by atoms with Gasteiger partial charge in [0.1, 0.15) is 6.29 Å². The average Bonchev–Trinajstić information content (AvgIpc) is 2.55. The Morgan fingerprint density at radius 2 is 2.14 bits per heavy atom. The molecule has 0 aliphatic heterocycles. The topological polar surface area (TPSA) is 46.5 Å². The maximum Gasteiger partial charge on any atom is 0.168 e. The van der Waals surface area contributed by atoms with Gasteiger partial charge in [0.2, 0.25) is 0 Å². The molecule has 0 unspecified atom stereocenters. The van der Waals surface area contributed by atoms with E-state index in [0.717, 1.165) is 30.3 Å². The number of allylic oxidation sites excluding steroid dienone is 3. The van der Waals surface area contributed by atoms with Crippen LogP contribution in [0.25, 0.3) is 5.57 Å². The predicted octanol–water partition coefficient (Wildman–Crippen LogP) is 3.95. The first-order valence-electron chi connectivity index (χ1n) is 7.00. The van der Waals surface area contributed by atoms with E-state index >= 15 is 0 Å². The lowest BCUT2D eigenvalue weighted by Crippen LogP contribution is -2.11. The molecule has 0 radical (unpaired) electrons. The highest BCUT2D eigenvalue weighted by molar-refractivity contribution is 7.78. The number of aliphatic hydroxyl groups excluding tert-OH is 1. The van der Waals surface area contributed by atoms with Gasteiger partial charge in [-0.3, -0.25) is 4.79 Å². The van der Waals surface area contributed by atoms with Gasteiger partial charge in [0, 0.05) is 17.6 Å². The second-order valence-corrected chi connectivity index (χ2v) is 5.38. The minimum absolute atomic E-state index is 0.00716. The first kappa shape index (κ1) is 16.2. The van der Waals surface area contributed by atoms with E-state index in [4.69, 9.17) is 17.0 Å². The number of thiocarbonyl (C=S) groups is 1. The van der Waals surface area contributed by atoms with Gasteiger partial charge in [-0.25, -0.2) is 0 Å². The molecule has 0 saturated carbocycles. The largest absolute Gasteiger partial charge is 0.504 e. The van der Waals surface area contributed by atoms with Crippen LogP contribution in [0.1, 0.15) is 24.0 Å². The molecule has 0 fully saturated rings. The number of ether oxygens (including phenoxy) is 1. The van der Waals surface area contributed by atoms with E-state index in [1.54, 1.807) is 5.37 Å². The zero-order chi connectivity index (χ0) is 16.1. The second kappa shape index (κ2) is 7.18. The molecule has 114 valence electrons. The summed E-state index contributed by atoms with van der Waals surface area (Å²) in [6.07, 6.45) is 2.66. The number of hydrogen-bond donors (Lipinski definition) is 1. The third kappa shape index (κ3) is 3.02. The Morgan fingerprint density at radius 3 is 2.77 bits per heavy atom. The summed E-state index contributed by atoms with van der Waals surface area (Å²) in [5.41, 5.74) is 3.64. The molecule has 1 aromatic rings. The van der Waals surface area contributed by atoms with Crippen LogP contribution in [0.3, 0.4) is 0 Å². The SMILES string of the molecule is C=C1CC(C=O)=C(c2ccccc2CCC=S)C(OC)=C1O. The minimum Gasteiger partial charge on any atom is -0.504 e. The highest BCUT2D eigenvalue weighted by Crippen LogP contribution is 2.39. The van der Waals surface area contributed by atoms with Gasteiger partial charge in [-0.15, -0.1) is 0 Å². The van der Waals surface area contributed by atoms with Crippen molar-refractivity contribution < 1.29 is 14.6 Å². The molecule has 22 heavy (non-hydrogen) atoms. The molecule has 0 amide bonds. The number of carbonyl (C=O) groups is 1. The summed E-state index contributed by atoms with van der Waals surface area (Å²) in [5.74, 6) is 0.306. The molecule has 4 heteroatoms. The van der Waals surface area contributed by atoms with Crippen molar-refractivity contribution in [3.8, 4) is 0 Å². The Balaban J connectivity index is 2.64. The fourth-order valence-electron chi connectivity index (χ4n) is 2.62. The van der Waals surface area contributed by atoms with E-state index in [1.165, 1.54) is 7.11 Å². The number of methoxy groups -OCH3 is 1. The highest BCUT2D eigenvalue weighted by atomic mass is 32.1. The Bertz CT molecular complexity index is 683. The Labute approximate surface area is 135 Å². The van der Waals surface area contributed by atoms with Crippen molar-refractivity contribution in [2.24, 2.45) is 0 Å². The molecule has 0 heterocycles. The van der Waals surface area contributed by atoms with Crippen molar-refractivity contribution in [3.05, 3.63) is 64.6 Å². The minimum atomic E-state index is 0.00716. The van der Waals surface area contributed by atoms with E-state index in [9.17, 15) is 9.90 Å². The van der Waals surface area contributed by atoms with Crippen molar-refractivity contribution in [3.63, 3.8) is 0 Å². The Hall–Kier alpha value is -2.20. The fraction of sp³-hybridized carbons (Fsp3) is 0.222. The van der Waals surface area contributed by atoms with Gasteiger partial charge in [0.05, 0.1) is 7.11 Å². The van der Waals surface area contributed by atoms with Crippen LogP contribution in [0.5, 0.6) is 0 Å². The number of rotatable bonds is 6. The van der Waals surface area contributed by atoms with E-state index in [1.807, 2.05) is 24.3 Å². The van der Waals surface area contributed by atoms with Crippen LogP contribution in [-0.2, 0) is 16.0 Å². The number of carbonyl (C=O) groups excluding carboxylic acids is 1. The van der Waals surface area contributed by atoms with E-state index < -0.39 is 0 Å². The summed E-state index contributed by atoms with van der Waals surface area (Å²) in [6, 6.07) is 7.77. The average molecular weight is 314 g/mol. The van der Waals surface area contributed by atoms with Crippen molar-refractivity contribution >= 4 is 29.4 Å². The van der Waals surface area contributed by atoms with Crippen LogP contribution in [0, 0.1) is 0 Å². The Morgan fingerprint density at radius 1 is 1.41 bits per heavy atom. The lowest BCUT2D eigenvalue weighted by atomic mass is 9.85. The van der Waals surface area contributed by atoms with Gasteiger partial charge >= 0.3 is 0 Å². The maximum absolute atomic E-state index is 11.5. The molecule has 0 aromatic heterocycles. The van der Waals surface area contributed by atoms with Crippen LogP contribution in [-0.4, -0.2) is 23.9 Å². The molecule has 0 spiro atoms. The zero-order valence-corrected chi connectivity index (χ0v) is 13.3. The number of aldehydes is 1. The summed E-state index contributed by atoms with van der Waals surface area (Å²) >= 11 is 4.90. The van der Waals surface area contributed by atoms with Crippen molar-refractivity contribution in [1.29, 1.82) is 0 Å². The van der Waals surface area contributed by atoms with Crippen LogP contribution < -0.4 is 0 Å². The number of aliphatic hydroxyl groups is 1. The van der Waals surface area contributed by atoms with Gasteiger partial charge in [0.15, 0.2) is 11.5 Å². The molecular formula is C18H18O3S. The Kier molecular flexibility index (Phi) is 5.28. The lowest BCUT2D eigenvalue weighted by molar-refractivity contribution is -0.105. The van der Waals surface area contributed by atoms with E-state index in [0.29, 0.717) is 28.9 Å². The van der Waals surface area contributed by atoms with Crippen LogP contribution in [0.15, 0.2) is 53.5 Å². The summed E-state index contributed by atoms with van der Waals surface area (Å²) < 4.78 is 5.36. The predicted molar refractivity (Wildman–Crippen MR) is 91.8 cm³/mol. The molecule has 1 N–H and O–H groups in total. The van der Waals surface area contributed by atoms with Crippen molar-refractivity contribution in [1.82, 2.24) is 0 Å². The van der Waals surface area contributed by atoms with Crippen LogP contribution in [0.2, 0.25) is 0 Å². The number of aryl methyl sites for hydroxylation is 1. The van der Waals surface area contributed by atoms with E-state index in [-0.39, 0.29) is 5.76 Å². The molecule has 0 saturated heterocycles. The monoisotopic (exact) mass is 314 g/mol. The molecule has 0 bridgehead atoms. The number of hydrogen-bond acceptors (Lipinski definition) is 4. The van der Waals surface area contributed by atoms with E-state index in [2.05, 4.69) is 6.58 Å². The summed E-state index contributed by atoms with van der Waals surface area (Å²) in [4.78, 5) is 11.5. The van der Waals surface area contributed by atoms with Crippen LogP contribution in [0.4, 0.5) is 0 Å². The molecule has 2 rings (SSSR count). The molecular weight excluding hydrogens is 296 g/mol. The van der Waals surface area contributed by atoms with Gasteiger partial charge < -0.3 is 9.84 Å². The molecule has 1 aliphatic rings. The quantitative estimate of drug-likeness (QED) is 0.638. The third-order valence-electron chi connectivity index (χ3n) is 3.67. The van der Waals surface area contributed by atoms with Crippen LogP contribution >= 0.6 is 12.2 Å². The van der Waals surface area contributed by atoms with Gasteiger partial charge in [-0.05, 0) is 34.9 Å². The molecule has 1 aliphatic carbocycles. The van der Waals surface area contributed by atoms with Gasteiger partial charge in [0.25, 0.3) is 0 Å². The normalized spacial score (nSPS) is 15.0. The third-order valence-corrected chi connectivity index (χ3v) is 3.90. The standard InChI is InChI=1S/C18H18O3S/c1-12-10-14(11-19)16(18(21-2)17(12)20)15-8-4-3-6-13(15)7-5-9-22/h3-4,6,8-9,11,20H,1,5,7,10H2,2H3. The summed E-state index contributed by atoms with van der Waals surface area (Å²) in [6.45, 7) is 3.79. The second-order valence-electron chi connectivity index (χ2n) is 5.04. The fourth-order valence-corrected chi connectivity index (χ4v) is 2.74. The zero-order valence-electron chi connectivity index (χ0n) is 12.5. The first-order chi connectivity index (χ1) is 10.6. The van der Waals surface area contributed by atoms with Crippen molar-refractivity contribution in [2.45, 2.75) is 19.3 Å². The van der Waals surface area contributed by atoms with Gasteiger partial charge in [-0.1, -0.05) is 43.1 Å². The highest BCUT2D eigenvalue weighted by Gasteiger charge is 2.27. The van der Waals surface area contributed by atoms with Crippen molar-refractivity contribution in [2.75, 3.05) is 7.11 Å².